The molecule has 23 nitrogen and oxygen atoms in total. The smallest absolute Gasteiger partial charge is 0.338 e. The number of hydrogen-bond acceptors (Lipinski definition) is 16. The van der Waals surface area contributed by atoms with Gasteiger partial charge >= 0.3 is 5.97 Å². The largest absolute Gasteiger partial charge is 0.497 e. The summed E-state index contributed by atoms with van der Waals surface area (Å²) < 4.78 is 61.9. The molecule has 0 heterocycles. The number of rotatable bonds is 37. The molecule has 0 radical (unpaired) electrons. The fraction of sp³-hybridized carbons (Fsp3) is 0.512. The van der Waals surface area contributed by atoms with Crippen LogP contribution in [0.3, 0.4) is 0 Å². The number of hydrogen-bond donors (Lipinski definition) is 1. The molecule has 0 atom stereocenters. The van der Waals surface area contributed by atoms with Crippen LogP contribution in [0, 0.1) is 0 Å². The molecule has 0 aliphatic heterocycles. The number of nitrogens with zero attached hydrogens (tertiary/aromatic N) is 9. The van der Waals surface area contributed by atoms with E-state index in [0.29, 0.717) is 11.3 Å². The summed E-state index contributed by atoms with van der Waals surface area (Å²) in [5.74, 6) is 0.372. The summed E-state index contributed by atoms with van der Waals surface area (Å²) in [7, 11) is 1.58. The van der Waals surface area contributed by atoms with Gasteiger partial charge in [-0.25, -0.2) is 4.79 Å². The van der Waals surface area contributed by atoms with Crippen molar-refractivity contribution < 1.29 is 61.7 Å². The van der Waals surface area contributed by atoms with Crippen LogP contribution in [-0.2, 0) is 46.3 Å². The molecule has 0 aliphatic carbocycles. The Morgan fingerprint density at radius 3 is 1.41 bits per heavy atom. The predicted octanol–water partition coefficient (Wildman–Crippen LogP) is 6.15. The van der Waals surface area contributed by atoms with E-state index in [0.717, 1.165) is 11.1 Å². The molecule has 0 saturated carbocycles. The average molecular weight is 895 g/mol. The summed E-state index contributed by atoms with van der Waals surface area (Å²) in [6.45, 7) is 4.02. The standard InChI is InChI=1S/C41H54N10O13/c1-54-36-8-4-33(5-9-36)31-64-41(53)34-6-2-32(3-7-34)30-45-40(52)35-28-37(61-25-22-58-19-16-55-13-10-46-49-42)39(63-27-24-60-21-18-57-15-12-48-51-44)38(29-35)62-26-23-59-20-17-56-14-11-47-50-43/h2-9,28-29H,10-27,30-31H2,1H3,(H,45,52). The molecule has 346 valence electrons. The van der Waals surface area contributed by atoms with Crippen LogP contribution in [-0.4, -0.2) is 138 Å². The van der Waals surface area contributed by atoms with Crippen molar-refractivity contribution in [1.82, 2.24) is 5.32 Å². The van der Waals surface area contributed by atoms with Gasteiger partial charge in [0.05, 0.1) is 92.0 Å². The van der Waals surface area contributed by atoms with Crippen LogP contribution >= 0.6 is 0 Å². The van der Waals surface area contributed by atoms with Gasteiger partial charge < -0.3 is 57.4 Å². The minimum absolute atomic E-state index is 0.0704. The zero-order valence-corrected chi connectivity index (χ0v) is 35.7. The van der Waals surface area contributed by atoms with Crippen LogP contribution in [0.4, 0.5) is 0 Å². The van der Waals surface area contributed by atoms with E-state index in [-0.39, 0.29) is 155 Å². The maximum absolute atomic E-state index is 13.7. The molecule has 1 amide bonds. The number of benzene rings is 3. The molecular formula is C41H54N10O13. The maximum Gasteiger partial charge on any atom is 0.338 e. The molecule has 1 N–H and O–H groups in total. The Bertz CT molecular complexity index is 1880. The number of esters is 1. The second-order valence-corrected chi connectivity index (χ2v) is 12.7. The number of methoxy groups -OCH3 is 1. The van der Waals surface area contributed by atoms with Crippen molar-refractivity contribution in [3.8, 4) is 23.0 Å². The van der Waals surface area contributed by atoms with E-state index in [4.69, 9.17) is 68.7 Å². The fourth-order valence-electron chi connectivity index (χ4n) is 5.10. The topological polar surface area (TPSA) is 294 Å². The number of ether oxygens (including phenoxy) is 11. The lowest BCUT2D eigenvalue weighted by Crippen LogP contribution is -2.23. The Labute approximate surface area is 369 Å². The molecule has 3 aromatic rings. The van der Waals surface area contributed by atoms with E-state index in [2.05, 4.69) is 35.4 Å². The minimum atomic E-state index is -0.491. The Kier molecular flexibility index (Phi) is 27.6. The normalized spacial score (nSPS) is 10.5. The Morgan fingerprint density at radius 2 is 0.953 bits per heavy atom. The van der Waals surface area contributed by atoms with Gasteiger partial charge in [0, 0.05) is 46.5 Å². The van der Waals surface area contributed by atoms with Crippen molar-refractivity contribution in [1.29, 1.82) is 0 Å². The van der Waals surface area contributed by atoms with Crippen molar-refractivity contribution in [3.63, 3.8) is 0 Å². The highest BCUT2D eigenvalue weighted by Gasteiger charge is 2.20. The summed E-state index contributed by atoms with van der Waals surface area (Å²) >= 11 is 0. The van der Waals surface area contributed by atoms with Crippen LogP contribution in [0.15, 0.2) is 76.0 Å². The van der Waals surface area contributed by atoms with Crippen molar-refractivity contribution in [2.24, 2.45) is 15.3 Å². The van der Waals surface area contributed by atoms with Crippen molar-refractivity contribution in [2.45, 2.75) is 13.2 Å². The molecule has 0 aromatic heterocycles. The predicted molar refractivity (Wildman–Crippen MR) is 230 cm³/mol. The number of carbonyl (C=O) groups is 2. The first-order valence-electron chi connectivity index (χ1n) is 20.2. The van der Waals surface area contributed by atoms with E-state index >= 15 is 0 Å². The first-order chi connectivity index (χ1) is 31.5. The second-order valence-electron chi connectivity index (χ2n) is 12.7. The van der Waals surface area contributed by atoms with E-state index in [1.165, 1.54) is 12.1 Å². The molecule has 0 unspecified atom stereocenters. The van der Waals surface area contributed by atoms with Gasteiger partial charge in [-0.1, -0.05) is 39.6 Å². The van der Waals surface area contributed by atoms with Gasteiger partial charge in [0.25, 0.3) is 5.91 Å². The van der Waals surface area contributed by atoms with Crippen molar-refractivity contribution >= 4 is 11.9 Å². The highest BCUT2D eigenvalue weighted by atomic mass is 16.6. The molecule has 0 bridgehead atoms. The van der Waals surface area contributed by atoms with Crippen LogP contribution in [0.1, 0.15) is 31.8 Å². The molecule has 0 saturated heterocycles. The second kappa shape index (κ2) is 34.0. The van der Waals surface area contributed by atoms with Gasteiger partial charge in [-0.05, 0) is 64.1 Å². The number of azide groups is 3. The monoisotopic (exact) mass is 894 g/mol. The highest BCUT2D eigenvalue weighted by molar-refractivity contribution is 5.95. The third kappa shape index (κ3) is 22.5. The van der Waals surface area contributed by atoms with Crippen LogP contribution in [0.5, 0.6) is 23.0 Å². The first kappa shape index (κ1) is 51.8. The highest BCUT2D eigenvalue weighted by Crippen LogP contribution is 2.39. The average Bonchev–Trinajstić information content (AvgIpc) is 3.32. The Morgan fingerprint density at radius 1 is 0.531 bits per heavy atom. The lowest BCUT2D eigenvalue weighted by Gasteiger charge is -2.19. The van der Waals surface area contributed by atoms with Crippen LogP contribution in [0.25, 0.3) is 31.3 Å². The molecule has 3 aromatic carbocycles. The van der Waals surface area contributed by atoms with E-state index in [1.54, 1.807) is 43.5 Å². The zero-order chi connectivity index (χ0) is 45.7. The summed E-state index contributed by atoms with van der Waals surface area (Å²) in [6, 6.07) is 17.0. The van der Waals surface area contributed by atoms with E-state index in [9.17, 15) is 9.59 Å². The Hall–Kier alpha value is -6.51. The number of amides is 1. The summed E-state index contributed by atoms with van der Waals surface area (Å²) in [5.41, 5.74) is 27.3. The van der Waals surface area contributed by atoms with Gasteiger partial charge in [0.1, 0.15) is 32.2 Å². The molecule has 0 spiro atoms. The number of nitrogens with one attached hydrogen (secondary N) is 1. The third-order valence-electron chi connectivity index (χ3n) is 8.21. The molecule has 23 heteroatoms. The number of carbonyl (C=O) groups excluding carboxylic acids is 2. The lowest BCUT2D eigenvalue weighted by atomic mass is 10.1. The van der Waals surface area contributed by atoms with E-state index in [1.807, 2.05) is 12.1 Å². The molecule has 0 fully saturated rings. The quantitative estimate of drug-likeness (QED) is 0.0224. The molecule has 64 heavy (non-hydrogen) atoms. The van der Waals surface area contributed by atoms with E-state index < -0.39 is 11.9 Å². The molecular weight excluding hydrogens is 841 g/mol. The van der Waals surface area contributed by atoms with Gasteiger partial charge in [-0.15, -0.1) is 0 Å². The van der Waals surface area contributed by atoms with Gasteiger partial charge in [0.2, 0.25) is 5.75 Å². The SMILES string of the molecule is COc1ccc(COC(=O)c2ccc(CNC(=O)c3cc(OCCOCCOCCN=[N+]=[N-])c(OCCOCCOCCN=[N+]=[N-])c(OCCOCCOCCN=[N+]=[N-])c3)cc2)cc1. The summed E-state index contributed by atoms with van der Waals surface area (Å²) in [6.07, 6.45) is 0. The van der Waals surface area contributed by atoms with Crippen molar-refractivity contribution in [2.75, 3.05) is 126 Å². The van der Waals surface area contributed by atoms with Crippen LogP contribution < -0.4 is 24.3 Å². The van der Waals surface area contributed by atoms with Gasteiger partial charge in [-0.3, -0.25) is 4.79 Å². The first-order valence-corrected chi connectivity index (χ1v) is 20.2. The molecule has 0 aliphatic rings. The minimum Gasteiger partial charge on any atom is -0.497 e. The summed E-state index contributed by atoms with van der Waals surface area (Å²) in [5, 5.41) is 13.1. The third-order valence-corrected chi connectivity index (χ3v) is 8.21. The Balaban J connectivity index is 1.68. The molecule has 3 rings (SSSR count). The van der Waals surface area contributed by atoms with Gasteiger partial charge in [-0.2, -0.15) is 0 Å². The van der Waals surface area contributed by atoms with Crippen molar-refractivity contribution in [3.05, 3.63) is 114 Å². The maximum atomic E-state index is 13.7. The van der Waals surface area contributed by atoms with Crippen LogP contribution in [0.2, 0.25) is 0 Å². The zero-order valence-electron chi connectivity index (χ0n) is 35.7. The summed E-state index contributed by atoms with van der Waals surface area (Å²) in [4.78, 5) is 34.4. The lowest BCUT2D eigenvalue weighted by molar-refractivity contribution is 0.0331. The fourth-order valence-corrected chi connectivity index (χ4v) is 5.10. The van der Waals surface area contributed by atoms with Gasteiger partial charge in [0.15, 0.2) is 11.5 Å².